The van der Waals surface area contributed by atoms with E-state index < -0.39 is 10.0 Å². The van der Waals surface area contributed by atoms with E-state index in [0.29, 0.717) is 30.1 Å². The average molecular weight is 435 g/mol. The van der Waals surface area contributed by atoms with Gasteiger partial charge in [0.15, 0.2) is 0 Å². The normalized spacial score (nSPS) is 15.2. The first kappa shape index (κ1) is 22.2. The molecular formula is C22H27FN2O4S. The second-order valence-corrected chi connectivity index (χ2v) is 9.58. The third-order valence-electron chi connectivity index (χ3n) is 4.82. The number of hydrogen-bond acceptors (Lipinski definition) is 4. The Morgan fingerprint density at radius 3 is 2.40 bits per heavy atom. The third-order valence-corrected chi connectivity index (χ3v) is 6.71. The minimum absolute atomic E-state index is 0.0322. The molecule has 0 unspecified atom stereocenters. The van der Waals surface area contributed by atoms with Crippen LogP contribution in [0.3, 0.4) is 0 Å². The van der Waals surface area contributed by atoms with E-state index >= 15 is 0 Å². The highest BCUT2D eigenvalue weighted by Gasteiger charge is 2.27. The van der Waals surface area contributed by atoms with E-state index in [0.717, 1.165) is 19.3 Å². The molecule has 0 aromatic heterocycles. The Kier molecular flexibility index (Phi) is 7.10. The number of ether oxygens (including phenoxy) is 1. The van der Waals surface area contributed by atoms with Crippen LogP contribution in [0.25, 0.3) is 0 Å². The largest absolute Gasteiger partial charge is 0.489 e. The van der Waals surface area contributed by atoms with Gasteiger partial charge < -0.3 is 10.1 Å². The van der Waals surface area contributed by atoms with Crippen LogP contribution in [0.1, 0.15) is 38.7 Å². The molecule has 0 bridgehead atoms. The lowest BCUT2D eigenvalue weighted by Crippen LogP contribution is -2.35. The van der Waals surface area contributed by atoms with Gasteiger partial charge in [-0.25, -0.2) is 12.8 Å². The molecule has 1 aliphatic rings. The van der Waals surface area contributed by atoms with Crippen molar-refractivity contribution in [3.8, 4) is 5.75 Å². The van der Waals surface area contributed by atoms with Gasteiger partial charge in [-0.05, 0) is 62.6 Å². The first-order valence-electron chi connectivity index (χ1n) is 10.1. The quantitative estimate of drug-likeness (QED) is 0.716. The van der Waals surface area contributed by atoms with Crippen molar-refractivity contribution in [3.05, 3.63) is 53.8 Å². The lowest BCUT2D eigenvalue weighted by Gasteiger charge is -2.26. The predicted molar refractivity (Wildman–Crippen MR) is 114 cm³/mol. The highest BCUT2D eigenvalue weighted by molar-refractivity contribution is 7.89. The number of piperidine rings is 1. The zero-order valence-electron chi connectivity index (χ0n) is 17.2. The van der Waals surface area contributed by atoms with Crippen LogP contribution in [0.2, 0.25) is 0 Å². The summed E-state index contributed by atoms with van der Waals surface area (Å²) in [5, 5.41) is 2.75. The van der Waals surface area contributed by atoms with Gasteiger partial charge in [0.2, 0.25) is 15.9 Å². The lowest BCUT2D eigenvalue weighted by atomic mass is 10.1. The zero-order chi connectivity index (χ0) is 21.7. The molecule has 1 heterocycles. The Labute approximate surface area is 177 Å². The Balaban J connectivity index is 1.85. The van der Waals surface area contributed by atoms with Crippen molar-refractivity contribution in [2.45, 2.75) is 50.5 Å². The number of halogens is 1. The summed E-state index contributed by atoms with van der Waals surface area (Å²) in [5.41, 5.74) is 0.950. The van der Waals surface area contributed by atoms with E-state index in [1.54, 1.807) is 6.07 Å². The van der Waals surface area contributed by atoms with Crippen molar-refractivity contribution < 1.29 is 22.3 Å². The summed E-state index contributed by atoms with van der Waals surface area (Å²) in [6.07, 6.45) is 2.59. The van der Waals surface area contributed by atoms with Crippen molar-refractivity contribution in [1.82, 2.24) is 4.31 Å². The van der Waals surface area contributed by atoms with Gasteiger partial charge in [-0.2, -0.15) is 4.31 Å². The summed E-state index contributed by atoms with van der Waals surface area (Å²) in [7, 11) is -3.64. The van der Waals surface area contributed by atoms with Crippen LogP contribution in [0.5, 0.6) is 5.75 Å². The van der Waals surface area contributed by atoms with E-state index in [2.05, 4.69) is 5.32 Å². The van der Waals surface area contributed by atoms with E-state index in [1.807, 2.05) is 13.8 Å². The summed E-state index contributed by atoms with van der Waals surface area (Å²) >= 11 is 0. The Hall–Kier alpha value is -2.45. The van der Waals surface area contributed by atoms with E-state index in [9.17, 15) is 17.6 Å². The van der Waals surface area contributed by atoms with E-state index in [-0.39, 0.29) is 29.1 Å². The zero-order valence-corrected chi connectivity index (χ0v) is 18.0. The first-order valence-corrected chi connectivity index (χ1v) is 11.5. The van der Waals surface area contributed by atoms with Crippen molar-refractivity contribution in [2.24, 2.45) is 0 Å². The minimum Gasteiger partial charge on any atom is -0.489 e. The number of nitrogens with zero attached hydrogens (tertiary/aromatic N) is 1. The number of anilines is 1. The smallest absolute Gasteiger partial charge is 0.243 e. The van der Waals surface area contributed by atoms with Gasteiger partial charge in [0, 0.05) is 13.1 Å². The summed E-state index contributed by atoms with van der Waals surface area (Å²) < 4.78 is 46.4. The van der Waals surface area contributed by atoms with Gasteiger partial charge in [-0.1, -0.05) is 18.6 Å². The van der Waals surface area contributed by atoms with Crippen LogP contribution in [0.15, 0.2) is 47.4 Å². The fourth-order valence-corrected chi connectivity index (χ4v) is 4.90. The summed E-state index contributed by atoms with van der Waals surface area (Å²) in [6.45, 7) is 4.70. The molecule has 1 saturated heterocycles. The molecule has 0 aliphatic carbocycles. The minimum atomic E-state index is -3.64. The monoisotopic (exact) mass is 434 g/mol. The van der Waals surface area contributed by atoms with Crippen LogP contribution in [0, 0.1) is 5.82 Å². The van der Waals surface area contributed by atoms with Crippen molar-refractivity contribution in [2.75, 3.05) is 18.4 Å². The van der Waals surface area contributed by atoms with Crippen LogP contribution in [-0.2, 0) is 21.2 Å². The van der Waals surface area contributed by atoms with Gasteiger partial charge in [-0.3, -0.25) is 4.79 Å². The first-order chi connectivity index (χ1) is 14.3. The lowest BCUT2D eigenvalue weighted by molar-refractivity contribution is -0.115. The van der Waals surface area contributed by atoms with Gasteiger partial charge in [0.1, 0.15) is 11.6 Å². The highest BCUT2D eigenvalue weighted by atomic mass is 32.2. The Morgan fingerprint density at radius 2 is 1.77 bits per heavy atom. The molecule has 1 fully saturated rings. The van der Waals surface area contributed by atoms with Gasteiger partial charge in [0.25, 0.3) is 0 Å². The molecule has 2 aromatic carbocycles. The molecular weight excluding hydrogens is 407 g/mol. The molecule has 1 amide bonds. The molecule has 6 nitrogen and oxygen atoms in total. The number of nitrogens with one attached hydrogen (secondary N) is 1. The molecule has 0 atom stereocenters. The number of carbonyl (C=O) groups excluding carboxylic acids is 1. The second-order valence-electron chi connectivity index (χ2n) is 7.64. The Bertz CT molecular complexity index is 985. The number of benzene rings is 2. The topological polar surface area (TPSA) is 75.7 Å². The van der Waals surface area contributed by atoms with Gasteiger partial charge in [-0.15, -0.1) is 0 Å². The van der Waals surface area contributed by atoms with Gasteiger partial charge in [0.05, 0.1) is 23.1 Å². The van der Waals surface area contributed by atoms with Gasteiger partial charge >= 0.3 is 0 Å². The molecule has 3 rings (SSSR count). The average Bonchev–Trinajstić information content (AvgIpc) is 2.71. The van der Waals surface area contributed by atoms with Crippen molar-refractivity contribution >= 4 is 21.6 Å². The fraction of sp³-hybridized carbons (Fsp3) is 0.409. The number of sulfonamides is 1. The molecule has 30 heavy (non-hydrogen) atoms. The van der Waals surface area contributed by atoms with Crippen molar-refractivity contribution in [3.63, 3.8) is 0 Å². The number of hydrogen-bond donors (Lipinski definition) is 1. The maximum absolute atomic E-state index is 13.1. The summed E-state index contributed by atoms with van der Waals surface area (Å²) in [6, 6.07) is 10.2. The SMILES string of the molecule is CC(C)Oc1ccc(S(=O)(=O)N2CCCCC2)cc1NC(=O)Cc1ccc(F)cc1. The number of carbonyl (C=O) groups is 1. The predicted octanol–water partition coefficient (Wildman–Crippen LogP) is 3.97. The molecule has 8 heteroatoms. The standard InChI is InChI=1S/C22H27FN2O4S/c1-16(2)29-21-11-10-19(30(27,28)25-12-4-3-5-13-25)15-20(21)24-22(26)14-17-6-8-18(23)9-7-17/h6-11,15-16H,3-5,12-14H2,1-2H3,(H,24,26). The van der Waals surface area contributed by atoms with Crippen molar-refractivity contribution in [1.29, 1.82) is 0 Å². The van der Waals surface area contributed by atoms with Crippen LogP contribution in [0.4, 0.5) is 10.1 Å². The molecule has 0 spiro atoms. The van der Waals surface area contributed by atoms with Crippen LogP contribution >= 0.6 is 0 Å². The second kappa shape index (κ2) is 9.57. The molecule has 2 aromatic rings. The number of rotatable bonds is 7. The van der Waals surface area contributed by atoms with Crippen LogP contribution in [-0.4, -0.2) is 37.8 Å². The fourth-order valence-electron chi connectivity index (χ4n) is 3.36. The number of amides is 1. The Morgan fingerprint density at radius 1 is 1.10 bits per heavy atom. The molecule has 1 N–H and O–H groups in total. The third kappa shape index (κ3) is 5.58. The molecule has 162 valence electrons. The molecule has 0 radical (unpaired) electrons. The highest BCUT2D eigenvalue weighted by Crippen LogP contribution is 2.31. The van der Waals surface area contributed by atoms with E-state index in [1.165, 1.54) is 40.7 Å². The van der Waals surface area contributed by atoms with E-state index in [4.69, 9.17) is 4.74 Å². The molecule has 0 saturated carbocycles. The van der Waals surface area contributed by atoms with Crippen LogP contribution < -0.4 is 10.1 Å². The maximum Gasteiger partial charge on any atom is 0.243 e. The summed E-state index contributed by atoms with van der Waals surface area (Å²) in [4.78, 5) is 12.7. The molecule has 1 aliphatic heterocycles. The maximum atomic E-state index is 13.1. The summed E-state index contributed by atoms with van der Waals surface area (Å²) in [5.74, 6) is -0.319.